The number of amides is 2. The summed E-state index contributed by atoms with van der Waals surface area (Å²) < 4.78 is 4.93. The van der Waals surface area contributed by atoms with E-state index in [0.29, 0.717) is 30.8 Å². The van der Waals surface area contributed by atoms with E-state index < -0.39 is 6.04 Å². The average molecular weight is 293 g/mol. The molecule has 0 saturated heterocycles. The zero-order valence-corrected chi connectivity index (χ0v) is 12.5. The van der Waals surface area contributed by atoms with Crippen LogP contribution in [0.2, 0.25) is 0 Å². The van der Waals surface area contributed by atoms with Crippen LogP contribution >= 0.6 is 0 Å². The smallest absolute Gasteiger partial charge is 0.241 e. The average Bonchev–Trinajstić information content (AvgIpc) is 2.47. The van der Waals surface area contributed by atoms with Gasteiger partial charge in [-0.3, -0.25) is 9.59 Å². The monoisotopic (exact) mass is 293 g/mol. The fraction of sp³-hybridized carbons (Fsp3) is 0.467. The number of rotatable bonds is 8. The summed E-state index contributed by atoms with van der Waals surface area (Å²) >= 11 is 0. The summed E-state index contributed by atoms with van der Waals surface area (Å²) in [6.45, 7) is 2.36. The number of methoxy groups -OCH3 is 1. The summed E-state index contributed by atoms with van der Waals surface area (Å²) in [4.78, 5) is 23.3. The molecule has 0 aliphatic heterocycles. The molecule has 1 unspecified atom stereocenters. The van der Waals surface area contributed by atoms with Gasteiger partial charge in [-0.1, -0.05) is 13.0 Å². The maximum Gasteiger partial charge on any atom is 0.241 e. The van der Waals surface area contributed by atoms with Crippen LogP contribution in [0.4, 0.5) is 11.4 Å². The number of nitrogens with two attached hydrogens (primary N) is 1. The van der Waals surface area contributed by atoms with E-state index in [1.165, 1.54) is 0 Å². The Labute approximate surface area is 125 Å². The number of hydrogen-bond acceptors (Lipinski definition) is 4. The first-order valence-electron chi connectivity index (χ1n) is 7.02. The molecule has 0 bridgehead atoms. The Bertz CT molecular complexity index is 477. The number of ether oxygens (including phenoxy) is 1. The Morgan fingerprint density at radius 1 is 1.29 bits per heavy atom. The van der Waals surface area contributed by atoms with Gasteiger partial charge in [-0.2, -0.15) is 0 Å². The Kier molecular flexibility index (Phi) is 7.42. The first-order valence-corrected chi connectivity index (χ1v) is 7.02. The van der Waals surface area contributed by atoms with E-state index in [2.05, 4.69) is 10.6 Å². The lowest BCUT2D eigenvalue weighted by atomic mass is 10.1. The summed E-state index contributed by atoms with van der Waals surface area (Å²) in [5.74, 6) is -0.320. The Morgan fingerprint density at radius 3 is 2.57 bits per heavy atom. The van der Waals surface area contributed by atoms with Crippen molar-refractivity contribution in [2.45, 2.75) is 32.2 Å². The molecule has 0 saturated carbocycles. The summed E-state index contributed by atoms with van der Waals surface area (Å²) in [5.41, 5.74) is 7.06. The van der Waals surface area contributed by atoms with E-state index in [1.54, 1.807) is 38.3 Å². The van der Waals surface area contributed by atoms with Crippen molar-refractivity contribution in [3.63, 3.8) is 0 Å². The van der Waals surface area contributed by atoms with Crippen molar-refractivity contribution in [2.24, 2.45) is 5.73 Å². The molecule has 0 aliphatic rings. The number of hydrogen-bond donors (Lipinski definition) is 3. The molecule has 1 aromatic rings. The quantitative estimate of drug-likeness (QED) is 0.636. The van der Waals surface area contributed by atoms with E-state index >= 15 is 0 Å². The molecule has 1 rings (SSSR count). The van der Waals surface area contributed by atoms with Gasteiger partial charge in [0.2, 0.25) is 11.8 Å². The molecule has 0 aliphatic carbocycles. The summed E-state index contributed by atoms with van der Waals surface area (Å²) in [5, 5.41) is 5.48. The highest BCUT2D eigenvalue weighted by Crippen LogP contribution is 2.15. The topological polar surface area (TPSA) is 93.5 Å². The SMILES string of the molecule is CCC(=O)Nc1cccc(NC(=O)C(N)CCCOC)c1. The standard InChI is InChI=1S/C15H23N3O3/c1-3-14(19)17-11-6-4-7-12(10-11)18-15(20)13(16)8-5-9-21-2/h4,6-7,10,13H,3,5,8-9,16H2,1-2H3,(H,17,19)(H,18,20). The molecule has 0 aromatic heterocycles. The minimum atomic E-state index is -0.575. The van der Waals surface area contributed by atoms with E-state index in [4.69, 9.17) is 10.5 Å². The van der Waals surface area contributed by atoms with E-state index in [9.17, 15) is 9.59 Å². The Balaban J connectivity index is 2.55. The number of nitrogens with one attached hydrogen (secondary N) is 2. The van der Waals surface area contributed by atoms with Gasteiger partial charge in [-0.05, 0) is 31.0 Å². The second-order valence-electron chi connectivity index (χ2n) is 4.71. The third-order valence-electron chi connectivity index (χ3n) is 2.94. The molecule has 4 N–H and O–H groups in total. The maximum atomic E-state index is 11.9. The third-order valence-corrected chi connectivity index (χ3v) is 2.94. The molecular weight excluding hydrogens is 270 g/mol. The Hall–Kier alpha value is -1.92. The first-order chi connectivity index (χ1) is 10.1. The van der Waals surface area contributed by atoms with Crippen molar-refractivity contribution < 1.29 is 14.3 Å². The molecule has 21 heavy (non-hydrogen) atoms. The fourth-order valence-corrected chi connectivity index (χ4v) is 1.74. The highest BCUT2D eigenvalue weighted by molar-refractivity contribution is 5.96. The molecule has 1 atom stereocenters. The molecule has 1 aromatic carbocycles. The Morgan fingerprint density at radius 2 is 1.95 bits per heavy atom. The number of benzene rings is 1. The molecular formula is C15H23N3O3. The molecule has 0 heterocycles. The number of carbonyl (C=O) groups excluding carboxylic acids is 2. The highest BCUT2D eigenvalue weighted by Gasteiger charge is 2.13. The van der Waals surface area contributed by atoms with Crippen molar-refractivity contribution in [1.82, 2.24) is 0 Å². The third kappa shape index (κ3) is 6.37. The van der Waals surface area contributed by atoms with Crippen molar-refractivity contribution in [3.05, 3.63) is 24.3 Å². The number of carbonyl (C=O) groups is 2. The summed E-state index contributed by atoms with van der Waals surface area (Å²) in [6.07, 6.45) is 1.70. The molecule has 0 spiro atoms. The van der Waals surface area contributed by atoms with Crippen LogP contribution in [0.3, 0.4) is 0 Å². The van der Waals surface area contributed by atoms with E-state index in [1.807, 2.05) is 0 Å². The second kappa shape index (κ2) is 9.10. The lowest BCUT2D eigenvalue weighted by Gasteiger charge is -2.13. The summed E-state index contributed by atoms with van der Waals surface area (Å²) in [6, 6.07) is 6.40. The molecule has 116 valence electrons. The lowest BCUT2D eigenvalue weighted by molar-refractivity contribution is -0.117. The normalized spacial score (nSPS) is 11.8. The van der Waals surface area contributed by atoms with Gasteiger partial charge in [-0.15, -0.1) is 0 Å². The van der Waals surface area contributed by atoms with Crippen molar-refractivity contribution in [2.75, 3.05) is 24.4 Å². The zero-order chi connectivity index (χ0) is 15.7. The molecule has 2 amide bonds. The fourth-order valence-electron chi connectivity index (χ4n) is 1.74. The minimum Gasteiger partial charge on any atom is -0.385 e. The van der Waals surface area contributed by atoms with Crippen LogP contribution in [0, 0.1) is 0 Å². The van der Waals surface area contributed by atoms with E-state index in [-0.39, 0.29) is 11.8 Å². The van der Waals surface area contributed by atoms with Crippen LogP contribution in [-0.2, 0) is 14.3 Å². The van der Waals surface area contributed by atoms with Gasteiger partial charge in [0.25, 0.3) is 0 Å². The van der Waals surface area contributed by atoms with Gasteiger partial charge in [0.1, 0.15) is 0 Å². The van der Waals surface area contributed by atoms with Gasteiger partial charge in [0.05, 0.1) is 6.04 Å². The lowest BCUT2D eigenvalue weighted by Crippen LogP contribution is -2.35. The van der Waals surface area contributed by atoms with Gasteiger partial charge in [0.15, 0.2) is 0 Å². The highest BCUT2D eigenvalue weighted by atomic mass is 16.5. The predicted octanol–water partition coefficient (Wildman–Crippen LogP) is 1.73. The molecule has 6 heteroatoms. The van der Waals surface area contributed by atoms with Crippen LogP contribution in [-0.4, -0.2) is 31.6 Å². The van der Waals surface area contributed by atoms with Crippen LogP contribution in [0.5, 0.6) is 0 Å². The zero-order valence-electron chi connectivity index (χ0n) is 12.5. The first kappa shape index (κ1) is 17.1. The van der Waals surface area contributed by atoms with Crippen LogP contribution in [0.1, 0.15) is 26.2 Å². The van der Waals surface area contributed by atoms with Crippen molar-refractivity contribution in [3.8, 4) is 0 Å². The van der Waals surface area contributed by atoms with Crippen LogP contribution in [0.15, 0.2) is 24.3 Å². The molecule has 0 radical (unpaired) electrons. The van der Waals surface area contributed by atoms with Gasteiger partial charge in [-0.25, -0.2) is 0 Å². The molecule has 6 nitrogen and oxygen atoms in total. The van der Waals surface area contributed by atoms with Gasteiger partial charge in [0, 0.05) is 31.5 Å². The summed E-state index contributed by atoms with van der Waals surface area (Å²) in [7, 11) is 1.61. The van der Waals surface area contributed by atoms with Crippen molar-refractivity contribution >= 4 is 23.2 Å². The van der Waals surface area contributed by atoms with Crippen LogP contribution < -0.4 is 16.4 Å². The maximum absolute atomic E-state index is 11.9. The minimum absolute atomic E-state index is 0.0743. The van der Waals surface area contributed by atoms with Crippen LogP contribution in [0.25, 0.3) is 0 Å². The largest absolute Gasteiger partial charge is 0.385 e. The van der Waals surface area contributed by atoms with Crippen molar-refractivity contribution in [1.29, 1.82) is 0 Å². The predicted molar refractivity (Wildman–Crippen MR) is 83.1 cm³/mol. The molecule has 0 fully saturated rings. The second-order valence-corrected chi connectivity index (χ2v) is 4.71. The van der Waals surface area contributed by atoms with Gasteiger partial charge >= 0.3 is 0 Å². The number of anilines is 2. The van der Waals surface area contributed by atoms with Gasteiger partial charge < -0.3 is 21.1 Å². The van der Waals surface area contributed by atoms with E-state index in [0.717, 1.165) is 6.42 Å².